The summed E-state index contributed by atoms with van der Waals surface area (Å²) in [5.74, 6) is 0. The van der Waals surface area contributed by atoms with E-state index in [0.29, 0.717) is 21.7 Å². The van der Waals surface area contributed by atoms with Crippen molar-refractivity contribution in [1.29, 1.82) is 0 Å². The zero-order valence-corrected chi connectivity index (χ0v) is 11.5. The second-order valence-corrected chi connectivity index (χ2v) is 5.83. The number of hydrogen-bond acceptors (Lipinski definition) is 4. The molecule has 2 N–H and O–H groups in total. The highest BCUT2D eigenvalue weighted by atomic mass is 32.2. The van der Waals surface area contributed by atoms with E-state index in [2.05, 4.69) is 10.3 Å². The third-order valence-corrected chi connectivity index (χ3v) is 4.13. The van der Waals surface area contributed by atoms with Crippen molar-refractivity contribution in [1.82, 2.24) is 4.98 Å². The van der Waals surface area contributed by atoms with E-state index in [-0.39, 0.29) is 4.90 Å². The Morgan fingerprint density at radius 2 is 1.95 bits per heavy atom. The molecule has 0 fully saturated rings. The van der Waals surface area contributed by atoms with Gasteiger partial charge in [0.2, 0.25) is 0 Å². The molecular weight excluding hydrogens is 276 g/mol. The van der Waals surface area contributed by atoms with Crippen LogP contribution in [0, 0.1) is 0 Å². The summed E-state index contributed by atoms with van der Waals surface area (Å²) in [6, 6.07) is 10.2. The van der Waals surface area contributed by atoms with Gasteiger partial charge in [-0.3, -0.25) is 9.54 Å². The van der Waals surface area contributed by atoms with Gasteiger partial charge in [-0.15, -0.1) is 0 Å². The Bertz CT molecular complexity index is 920. The summed E-state index contributed by atoms with van der Waals surface area (Å²) in [7, 11) is -2.51. The molecule has 0 aliphatic heterocycles. The summed E-state index contributed by atoms with van der Waals surface area (Å²) in [5.41, 5.74) is 1.55. The Kier molecular flexibility index (Phi) is 2.84. The molecule has 0 aliphatic carbocycles. The third-order valence-electron chi connectivity index (χ3n) is 3.23. The minimum atomic E-state index is -4.29. The first-order valence-corrected chi connectivity index (χ1v) is 7.41. The fourth-order valence-electron chi connectivity index (χ4n) is 2.30. The number of benzene rings is 2. The molecule has 6 heteroatoms. The van der Waals surface area contributed by atoms with Crippen molar-refractivity contribution >= 4 is 37.5 Å². The molecule has 0 aliphatic rings. The standard InChI is InChI=1S/C14H12N2O3S/c1-15-10-4-5-11-12(8-10)14-9(3-2-6-16-14)7-13(11)20(17,18)19/h2-8,15H,1H3,(H,17,18,19). The summed E-state index contributed by atoms with van der Waals surface area (Å²) in [4.78, 5) is 4.20. The molecule has 1 heterocycles. The van der Waals surface area contributed by atoms with Crippen molar-refractivity contribution in [3.8, 4) is 0 Å². The van der Waals surface area contributed by atoms with E-state index in [1.165, 1.54) is 6.07 Å². The van der Waals surface area contributed by atoms with Crippen LogP contribution < -0.4 is 5.32 Å². The van der Waals surface area contributed by atoms with Gasteiger partial charge in [0.05, 0.1) is 5.52 Å². The van der Waals surface area contributed by atoms with Gasteiger partial charge < -0.3 is 5.32 Å². The molecule has 0 atom stereocenters. The summed E-state index contributed by atoms with van der Waals surface area (Å²) in [6.45, 7) is 0. The molecule has 5 nitrogen and oxygen atoms in total. The maximum Gasteiger partial charge on any atom is 0.295 e. The molecule has 0 bridgehead atoms. The van der Waals surface area contributed by atoms with E-state index in [1.807, 2.05) is 6.07 Å². The van der Waals surface area contributed by atoms with Crippen LogP contribution in [0.15, 0.2) is 47.5 Å². The van der Waals surface area contributed by atoms with E-state index >= 15 is 0 Å². The molecule has 0 spiro atoms. The number of anilines is 1. The number of aromatic nitrogens is 1. The van der Waals surface area contributed by atoms with Crippen molar-refractivity contribution in [2.75, 3.05) is 12.4 Å². The average molecular weight is 288 g/mol. The normalized spacial score (nSPS) is 11.9. The fourth-order valence-corrected chi connectivity index (χ4v) is 3.03. The topological polar surface area (TPSA) is 79.3 Å². The number of rotatable bonds is 2. The van der Waals surface area contributed by atoms with Crippen LogP contribution in [0.1, 0.15) is 0 Å². The van der Waals surface area contributed by atoms with Crippen LogP contribution in [-0.4, -0.2) is 25.0 Å². The number of hydrogen-bond donors (Lipinski definition) is 2. The number of fused-ring (bicyclic) bond motifs is 3. The number of nitrogens with zero attached hydrogens (tertiary/aromatic N) is 1. The summed E-state index contributed by atoms with van der Waals surface area (Å²) >= 11 is 0. The molecule has 0 radical (unpaired) electrons. The zero-order chi connectivity index (χ0) is 14.3. The van der Waals surface area contributed by atoms with Crippen LogP contribution >= 0.6 is 0 Å². The molecule has 102 valence electrons. The Balaban J connectivity index is 2.57. The van der Waals surface area contributed by atoms with E-state index < -0.39 is 10.1 Å². The summed E-state index contributed by atoms with van der Waals surface area (Å²) in [6.07, 6.45) is 1.65. The smallest absolute Gasteiger partial charge is 0.295 e. The molecule has 2 aromatic carbocycles. The van der Waals surface area contributed by atoms with Gasteiger partial charge in [-0.25, -0.2) is 0 Å². The van der Waals surface area contributed by atoms with Gasteiger partial charge in [0.15, 0.2) is 0 Å². The van der Waals surface area contributed by atoms with Crippen LogP contribution in [0.2, 0.25) is 0 Å². The second kappa shape index (κ2) is 4.43. The maximum atomic E-state index is 11.6. The minimum absolute atomic E-state index is 0.101. The Labute approximate surface area is 116 Å². The third kappa shape index (κ3) is 1.99. The van der Waals surface area contributed by atoms with Crippen LogP contribution in [0.3, 0.4) is 0 Å². The highest BCUT2D eigenvalue weighted by molar-refractivity contribution is 7.86. The highest BCUT2D eigenvalue weighted by Gasteiger charge is 2.17. The molecule has 3 aromatic rings. The fraction of sp³-hybridized carbons (Fsp3) is 0.0714. The van der Waals surface area contributed by atoms with Crippen molar-refractivity contribution in [2.24, 2.45) is 0 Å². The van der Waals surface area contributed by atoms with Crippen molar-refractivity contribution in [3.05, 3.63) is 42.6 Å². The van der Waals surface area contributed by atoms with Gasteiger partial charge >= 0.3 is 0 Å². The minimum Gasteiger partial charge on any atom is -0.388 e. The Morgan fingerprint density at radius 1 is 1.15 bits per heavy atom. The predicted molar refractivity (Wildman–Crippen MR) is 78.6 cm³/mol. The van der Waals surface area contributed by atoms with Crippen LogP contribution in [0.25, 0.3) is 21.7 Å². The lowest BCUT2D eigenvalue weighted by Crippen LogP contribution is -2.00. The number of nitrogens with one attached hydrogen (secondary N) is 1. The van der Waals surface area contributed by atoms with Crippen molar-refractivity contribution in [3.63, 3.8) is 0 Å². The molecule has 0 amide bonds. The van der Waals surface area contributed by atoms with Gasteiger partial charge in [-0.05, 0) is 24.3 Å². The van der Waals surface area contributed by atoms with E-state index in [4.69, 9.17) is 0 Å². The quantitative estimate of drug-likeness (QED) is 0.560. The molecule has 0 saturated carbocycles. The lowest BCUT2D eigenvalue weighted by Gasteiger charge is -2.09. The lowest BCUT2D eigenvalue weighted by atomic mass is 10.1. The predicted octanol–water partition coefficient (Wildman–Crippen LogP) is 2.68. The molecular formula is C14H12N2O3S. The highest BCUT2D eigenvalue weighted by Crippen LogP contribution is 2.31. The molecule has 1 aromatic heterocycles. The maximum absolute atomic E-state index is 11.6. The van der Waals surface area contributed by atoms with Gasteiger partial charge in [0.1, 0.15) is 4.90 Å². The SMILES string of the molecule is CNc1ccc2c(S(=O)(=O)O)cc3cccnc3c2c1. The summed E-state index contributed by atoms with van der Waals surface area (Å²) < 4.78 is 32.5. The van der Waals surface area contributed by atoms with Gasteiger partial charge in [0.25, 0.3) is 10.1 Å². The van der Waals surface area contributed by atoms with E-state index in [1.54, 1.807) is 37.5 Å². The van der Waals surface area contributed by atoms with Gasteiger partial charge in [-0.2, -0.15) is 8.42 Å². The monoisotopic (exact) mass is 288 g/mol. The first-order chi connectivity index (χ1) is 9.50. The lowest BCUT2D eigenvalue weighted by molar-refractivity contribution is 0.484. The Hall–Kier alpha value is -2.18. The van der Waals surface area contributed by atoms with Crippen LogP contribution in [0.5, 0.6) is 0 Å². The molecule has 20 heavy (non-hydrogen) atoms. The first kappa shape index (κ1) is 12.8. The average Bonchev–Trinajstić information content (AvgIpc) is 2.44. The largest absolute Gasteiger partial charge is 0.388 e. The van der Waals surface area contributed by atoms with Crippen LogP contribution in [0.4, 0.5) is 5.69 Å². The van der Waals surface area contributed by atoms with Gasteiger partial charge in [0, 0.05) is 35.1 Å². The van der Waals surface area contributed by atoms with Crippen molar-refractivity contribution in [2.45, 2.75) is 4.90 Å². The molecule has 3 rings (SSSR count). The summed E-state index contributed by atoms with van der Waals surface area (Å²) in [5, 5.41) is 4.81. The van der Waals surface area contributed by atoms with Crippen molar-refractivity contribution < 1.29 is 13.0 Å². The first-order valence-electron chi connectivity index (χ1n) is 5.97. The van der Waals surface area contributed by atoms with E-state index in [0.717, 1.165) is 5.69 Å². The van der Waals surface area contributed by atoms with Gasteiger partial charge in [-0.1, -0.05) is 12.1 Å². The molecule has 0 unspecified atom stereocenters. The molecule has 0 saturated heterocycles. The Morgan fingerprint density at radius 3 is 2.65 bits per heavy atom. The van der Waals surface area contributed by atoms with E-state index in [9.17, 15) is 13.0 Å². The number of pyridine rings is 1. The van der Waals surface area contributed by atoms with Crippen LogP contribution in [-0.2, 0) is 10.1 Å². The second-order valence-electron chi connectivity index (χ2n) is 4.44. The zero-order valence-electron chi connectivity index (χ0n) is 10.7.